The number of hydrogen-bond acceptors (Lipinski definition) is 5. The van der Waals surface area contributed by atoms with Gasteiger partial charge in [-0.1, -0.05) is 36.4 Å². The fourth-order valence-electron chi connectivity index (χ4n) is 4.80. The number of hydrogen-bond donors (Lipinski definition) is 0. The first-order chi connectivity index (χ1) is 19.6. The van der Waals surface area contributed by atoms with Crippen LogP contribution < -0.4 is 14.4 Å². The first kappa shape index (κ1) is 26.1. The van der Waals surface area contributed by atoms with E-state index in [9.17, 15) is 10.5 Å². The minimum Gasteiger partial charge on any atom is -0.497 e. The van der Waals surface area contributed by atoms with E-state index in [0.717, 1.165) is 56.0 Å². The summed E-state index contributed by atoms with van der Waals surface area (Å²) in [5.74, 6) is 1.59. The van der Waals surface area contributed by atoms with Gasteiger partial charge in [-0.2, -0.15) is 10.5 Å². The van der Waals surface area contributed by atoms with E-state index in [0.29, 0.717) is 11.1 Å². The molecule has 5 rings (SSSR count). The quantitative estimate of drug-likeness (QED) is 0.201. The van der Waals surface area contributed by atoms with Crippen LogP contribution in [-0.4, -0.2) is 14.2 Å². The van der Waals surface area contributed by atoms with Gasteiger partial charge in [0.25, 0.3) is 0 Å². The Hall–Kier alpha value is -5.52. The maximum absolute atomic E-state index is 9.77. The molecule has 194 valence electrons. The summed E-state index contributed by atoms with van der Waals surface area (Å²) in [5.41, 5.74) is 6.98. The van der Waals surface area contributed by atoms with Crippen molar-refractivity contribution in [3.8, 4) is 23.6 Å². The molecule has 0 spiro atoms. The topological polar surface area (TPSA) is 69.3 Å². The van der Waals surface area contributed by atoms with Gasteiger partial charge in [-0.25, -0.2) is 0 Å². The SMILES string of the molecule is COc1ccc(N(c2ccc(C=Cc3c(C#N)ccc4c(C)c(C#N)ccc34)cc2)c2ccc(OC)cc2)cc1. The van der Waals surface area contributed by atoms with Gasteiger partial charge in [0.05, 0.1) is 37.5 Å². The van der Waals surface area contributed by atoms with Crippen LogP contribution in [0, 0.1) is 29.6 Å². The Labute approximate surface area is 234 Å². The summed E-state index contributed by atoms with van der Waals surface area (Å²) in [4.78, 5) is 2.17. The first-order valence-corrected chi connectivity index (χ1v) is 12.8. The molecular weight excluding hydrogens is 494 g/mol. The lowest BCUT2D eigenvalue weighted by atomic mass is 9.94. The van der Waals surface area contributed by atoms with Crippen molar-refractivity contribution < 1.29 is 9.47 Å². The van der Waals surface area contributed by atoms with Gasteiger partial charge in [-0.15, -0.1) is 0 Å². The van der Waals surface area contributed by atoms with E-state index in [-0.39, 0.29) is 0 Å². The lowest BCUT2D eigenvalue weighted by Crippen LogP contribution is -2.09. The molecule has 0 aliphatic rings. The third-order valence-electron chi connectivity index (χ3n) is 7.01. The largest absolute Gasteiger partial charge is 0.497 e. The smallest absolute Gasteiger partial charge is 0.119 e. The Kier molecular flexibility index (Phi) is 7.49. The van der Waals surface area contributed by atoms with Gasteiger partial charge >= 0.3 is 0 Å². The van der Waals surface area contributed by atoms with E-state index in [2.05, 4.69) is 41.3 Å². The van der Waals surface area contributed by atoms with Gasteiger partial charge in [0, 0.05) is 22.6 Å². The van der Waals surface area contributed by atoms with E-state index in [1.165, 1.54) is 0 Å². The number of fused-ring (bicyclic) bond motifs is 1. The summed E-state index contributed by atoms with van der Waals surface area (Å²) in [5, 5.41) is 21.1. The fourth-order valence-corrected chi connectivity index (χ4v) is 4.80. The molecule has 5 heteroatoms. The predicted molar refractivity (Wildman–Crippen MR) is 161 cm³/mol. The highest BCUT2D eigenvalue weighted by Crippen LogP contribution is 2.36. The molecule has 0 aromatic heterocycles. The molecule has 0 fully saturated rings. The standard InChI is InChI=1S/C35H27N3O2/c1-24-26(22-36)7-21-35-33(24)20-8-27(23-37)34(35)19-6-25-4-9-28(10-5-25)38(29-11-15-31(39-2)16-12-29)30-13-17-32(40-3)18-14-30/h4-21H,1-3H3. The van der Waals surface area contributed by atoms with Crippen molar-refractivity contribution in [1.29, 1.82) is 10.5 Å². The van der Waals surface area contributed by atoms with Gasteiger partial charge < -0.3 is 14.4 Å². The van der Waals surface area contributed by atoms with Crippen molar-refractivity contribution >= 4 is 40.0 Å². The van der Waals surface area contributed by atoms with Crippen molar-refractivity contribution in [3.63, 3.8) is 0 Å². The zero-order chi connectivity index (χ0) is 28.1. The van der Waals surface area contributed by atoms with Gasteiger partial charge in [0.2, 0.25) is 0 Å². The maximum Gasteiger partial charge on any atom is 0.119 e. The molecule has 0 amide bonds. The fraction of sp³-hybridized carbons (Fsp3) is 0.0857. The number of rotatable bonds is 7. The number of aryl methyl sites for hydroxylation is 1. The second-order valence-electron chi connectivity index (χ2n) is 9.24. The summed E-state index contributed by atoms with van der Waals surface area (Å²) in [6.07, 6.45) is 3.99. The van der Waals surface area contributed by atoms with Crippen molar-refractivity contribution in [2.24, 2.45) is 0 Å². The summed E-state index contributed by atoms with van der Waals surface area (Å²) >= 11 is 0. The monoisotopic (exact) mass is 521 g/mol. The third-order valence-corrected chi connectivity index (χ3v) is 7.01. The van der Waals surface area contributed by atoms with E-state index in [1.54, 1.807) is 14.2 Å². The van der Waals surface area contributed by atoms with Crippen LogP contribution in [0.2, 0.25) is 0 Å². The lowest BCUT2D eigenvalue weighted by molar-refractivity contribution is 0.415. The van der Waals surface area contributed by atoms with Crippen molar-refractivity contribution in [2.45, 2.75) is 6.92 Å². The number of nitriles is 2. The molecule has 0 atom stereocenters. The van der Waals surface area contributed by atoms with Gasteiger partial charge in [0.15, 0.2) is 0 Å². The third kappa shape index (κ3) is 5.10. The molecular formula is C35H27N3O2. The normalized spacial score (nSPS) is 10.7. The van der Waals surface area contributed by atoms with Crippen LogP contribution in [0.3, 0.4) is 0 Å². The highest BCUT2D eigenvalue weighted by molar-refractivity contribution is 5.97. The molecule has 5 aromatic carbocycles. The summed E-state index contributed by atoms with van der Waals surface area (Å²) < 4.78 is 10.7. The van der Waals surface area contributed by atoms with Gasteiger partial charge in [-0.3, -0.25) is 0 Å². The molecule has 0 radical (unpaired) electrons. The predicted octanol–water partition coefficient (Wildman–Crippen LogP) is 8.55. The summed E-state index contributed by atoms with van der Waals surface area (Å²) in [6.45, 7) is 1.94. The first-order valence-electron chi connectivity index (χ1n) is 12.8. The zero-order valence-electron chi connectivity index (χ0n) is 22.6. The molecule has 5 nitrogen and oxygen atoms in total. The number of benzene rings is 5. The van der Waals surface area contributed by atoms with E-state index in [4.69, 9.17) is 9.47 Å². The lowest BCUT2D eigenvalue weighted by Gasteiger charge is -2.26. The molecule has 0 bridgehead atoms. The Bertz CT molecular complexity index is 1730. The summed E-state index contributed by atoms with van der Waals surface area (Å²) in [7, 11) is 3.32. The Balaban J connectivity index is 1.51. The second kappa shape index (κ2) is 11.5. The summed E-state index contributed by atoms with van der Waals surface area (Å²) in [6, 6.07) is 36.2. The highest BCUT2D eigenvalue weighted by atomic mass is 16.5. The van der Waals surface area contributed by atoms with Crippen LogP contribution in [0.25, 0.3) is 22.9 Å². The van der Waals surface area contributed by atoms with Crippen LogP contribution in [0.5, 0.6) is 11.5 Å². The molecule has 0 heterocycles. The molecule has 40 heavy (non-hydrogen) atoms. The van der Waals surface area contributed by atoms with Crippen molar-refractivity contribution in [3.05, 3.63) is 125 Å². The van der Waals surface area contributed by atoms with E-state index in [1.807, 2.05) is 91.9 Å². The van der Waals surface area contributed by atoms with Crippen LogP contribution in [-0.2, 0) is 0 Å². The van der Waals surface area contributed by atoms with Crippen molar-refractivity contribution in [2.75, 3.05) is 19.1 Å². The Morgan fingerprint density at radius 1 is 0.575 bits per heavy atom. The average molecular weight is 522 g/mol. The number of nitrogens with zero attached hydrogens (tertiary/aromatic N) is 3. The molecule has 0 unspecified atom stereocenters. The van der Waals surface area contributed by atoms with Crippen LogP contribution in [0.4, 0.5) is 17.1 Å². The maximum atomic E-state index is 9.77. The van der Waals surface area contributed by atoms with E-state index < -0.39 is 0 Å². The molecule has 0 aliphatic carbocycles. The van der Waals surface area contributed by atoms with Crippen LogP contribution in [0.1, 0.15) is 27.8 Å². The van der Waals surface area contributed by atoms with Gasteiger partial charge in [0.1, 0.15) is 11.5 Å². The number of anilines is 3. The minimum absolute atomic E-state index is 0.592. The van der Waals surface area contributed by atoms with Crippen LogP contribution >= 0.6 is 0 Å². The molecule has 0 saturated heterocycles. The molecule has 0 aliphatic heterocycles. The second-order valence-corrected chi connectivity index (χ2v) is 9.24. The highest BCUT2D eigenvalue weighted by Gasteiger charge is 2.13. The number of ether oxygens (including phenoxy) is 2. The van der Waals surface area contributed by atoms with Crippen molar-refractivity contribution in [1.82, 2.24) is 0 Å². The van der Waals surface area contributed by atoms with Crippen LogP contribution in [0.15, 0.2) is 97.1 Å². The average Bonchev–Trinajstić information content (AvgIpc) is 3.01. The molecule has 5 aromatic rings. The minimum atomic E-state index is 0.592. The molecule has 0 N–H and O–H groups in total. The van der Waals surface area contributed by atoms with E-state index >= 15 is 0 Å². The number of methoxy groups -OCH3 is 2. The van der Waals surface area contributed by atoms with Gasteiger partial charge in [-0.05, 0) is 102 Å². The Morgan fingerprint density at radius 3 is 1.55 bits per heavy atom. The zero-order valence-corrected chi connectivity index (χ0v) is 22.6. The Morgan fingerprint density at radius 2 is 1.05 bits per heavy atom. The molecule has 0 saturated carbocycles.